The summed E-state index contributed by atoms with van der Waals surface area (Å²) in [7, 11) is 0. The van der Waals surface area contributed by atoms with Gasteiger partial charge in [-0.05, 0) is 12.0 Å². The minimum absolute atomic E-state index is 0.121. The lowest BCUT2D eigenvalue weighted by Crippen LogP contribution is -1.91. The van der Waals surface area contributed by atoms with Gasteiger partial charge in [0, 0.05) is 10.6 Å². The highest BCUT2D eigenvalue weighted by atomic mass is 35.5. The van der Waals surface area contributed by atoms with E-state index in [0.717, 1.165) is 10.6 Å². The predicted octanol–water partition coefficient (Wildman–Crippen LogP) is 5.10. The molecule has 1 nitrogen and oxygen atoms in total. The Balaban J connectivity index is 2.99. The minimum atomic E-state index is -0.155. The van der Waals surface area contributed by atoms with Crippen molar-refractivity contribution in [3.63, 3.8) is 0 Å². The number of hydrogen-bond acceptors (Lipinski definition) is 2. The van der Waals surface area contributed by atoms with Gasteiger partial charge in [-0.1, -0.05) is 48.7 Å². The number of halogens is 3. The van der Waals surface area contributed by atoms with Gasteiger partial charge < -0.3 is 5.11 Å². The molecule has 0 unspecified atom stereocenters. The maximum absolute atomic E-state index is 9.43. The fraction of sp³-hybridized carbons (Fsp3) is 0.400. The van der Waals surface area contributed by atoms with Crippen molar-refractivity contribution in [1.29, 1.82) is 0 Å². The van der Waals surface area contributed by atoms with E-state index < -0.39 is 0 Å². The molecule has 1 aromatic rings. The predicted molar refractivity (Wildman–Crippen MR) is 68.7 cm³/mol. The molecule has 0 atom stereocenters. The van der Waals surface area contributed by atoms with Crippen LogP contribution in [0.15, 0.2) is 11.0 Å². The summed E-state index contributed by atoms with van der Waals surface area (Å²) in [6, 6.07) is 1.64. The van der Waals surface area contributed by atoms with Crippen molar-refractivity contribution in [3.05, 3.63) is 21.1 Å². The van der Waals surface area contributed by atoms with E-state index in [9.17, 15) is 5.11 Å². The van der Waals surface area contributed by atoms with Crippen LogP contribution in [0.3, 0.4) is 0 Å². The van der Waals surface area contributed by atoms with Crippen molar-refractivity contribution in [3.8, 4) is 5.75 Å². The van der Waals surface area contributed by atoms with Crippen molar-refractivity contribution >= 4 is 46.6 Å². The van der Waals surface area contributed by atoms with Gasteiger partial charge in [0.1, 0.15) is 5.02 Å². The lowest BCUT2D eigenvalue weighted by atomic mass is 10.3. The number of hydrogen-bond donors (Lipinski definition) is 1. The average Bonchev–Trinajstić information content (AvgIpc) is 2.18. The van der Waals surface area contributed by atoms with Crippen LogP contribution < -0.4 is 0 Å². The van der Waals surface area contributed by atoms with E-state index in [2.05, 4.69) is 13.8 Å². The van der Waals surface area contributed by atoms with Crippen molar-refractivity contribution in [2.75, 3.05) is 5.75 Å². The maximum atomic E-state index is 9.43. The van der Waals surface area contributed by atoms with E-state index in [1.165, 1.54) is 0 Å². The van der Waals surface area contributed by atoms with Crippen molar-refractivity contribution < 1.29 is 5.11 Å². The van der Waals surface area contributed by atoms with Gasteiger partial charge in [0.2, 0.25) is 0 Å². The normalized spacial score (nSPS) is 11.1. The summed E-state index contributed by atoms with van der Waals surface area (Å²) in [5, 5.41) is 10.1. The zero-order valence-electron chi connectivity index (χ0n) is 8.35. The Kier molecular flexibility index (Phi) is 4.91. The van der Waals surface area contributed by atoms with Crippen molar-refractivity contribution in [2.45, 2.75) is 18.7 Å². The molecule has 0 spiro atoms. The Morgan fingerprint density at radius 1 is 1.27 bits per heavy atom. The van der Waals surface area contributed by atoms with E-state index in [1.807, 2.05) is 0 Å². The molecule has 0 aliphatic heterocycles. The molecule has 0 saturated heterocycles. The fourth-order valence-corrected chi connectivity index (χ4v) is 2.75. The van der Waals surface area contributed by atoms with E-state index in [0.29, 0.717) is 10.9 Å². The third kappa shape index (κ3) is 3.35. The van der Waals surface area contributed by atoms with Crippen LogP contribution in [0.1, 0.15) is 13.8 Å². The van der Waals surface area contributed by atoms with Gasteiger partial charge in [-0.25, -0.2) is 0 Å². The molecule has 0 radical (unpaired) electrons. The maximum Gasteiger partial charge on any atom is 0.154 e. The summed E-state index contributed by atoms with van der Waals surface area (Å²) in [6.45, 7) is 4.23. The molecular weight excluding hydrogens is 275 g/mol. The average molecular weight is 286 g/mol. The quantitative estimate of drug-likeness (QED) is 0.616. The zero-order valence-corrected chi connectivity index (χ0v) is 11.4. The van der Waals surface area contributed by atoms with E-state index in [1.54, 1.807) is 17.8 Å². The second-order valence-electron chi connectivity index (χ2n) is 3.54. The van der Waals surface area contributed by atoms with Crippen molar-refractivity contribution in [1.82, 2.24) is 0 Å². The fourth-order valence-electron chi connectivity index (χ4n) is 0.925. The van der Waals surface area contributed by atoms with Crippen LogP contribution in [-0.4, -0.2) is 10.9 Å². The molecule has 5 heteroatoms. The Morgan fingerprint density at radius 3 is 2.40 bits per heavy atom. The molecule has 0 aliphatic rings. The Labute approximate surface area is 109 Å². The number of phenols is 1. The van der Waals surface area contributed by atoms with Crippen LogP contribution in [0.5, 0.6) is 5.75 Å². The second-order valence-corrected chi connectivity index (χ2v) is 5.76. The highest BCUT2D eigenvalue weighted by molar-refractivity contribution is 7.99. The minimum Gasteiger partial charge on any atom is -0.505 e. The summed E-state index contributed by atoms with van der Waals surface area (Å²) in [4.78, 5) is 0.804. The van der Waals surface area contributed by atoms with Gasteiger partial charge in [0.05, 0.1) is 10.0 Å². The molecule has 15 heavy (non-hydrogen) atoms. The summed E-state index contributed by atoms with van der Waals surface area (Å²) in [5.74, 6) is 1.33. The number of aromatic hydroxyl groups is 1. The van der Waals surface area contributed by atoms with E-state index in [4.69, 9.17) is 34.8 Å². The van der Waals surface area contributed by atoms with Gasteiger partial charge in [0.15, 0.2) is 5.75 Å². The monoisotopic (exact) mass is 284 g/mol. The molecule has 0 amide bonds. The first kappa shape index (κ1) is 13.3. The summed E-state index contributed by atoms with van der Waals surface area (Å²) < 4.78 is 0. The van der Waals surface area contributed by atoms with Crippen LogP contribution in [0.2, 0.25) is 15.1 Å². The van der Waals surface area contributed by atoms with Gasteiger partial charge in [0.25, 0.3) is 0 Å². The lowest BCUT2D eigenvalue weighted by molar-refractivity contribution is 0.475. The van der Waals surface area contributed by atoms with E-state index >= 15 is 0 Å². The summed E-state index contributed by atoms with van der Waals surface area (Å²) in [6.07, 6.45) is 0. The first-order chi connectivity index (χ1) is 6.93. The molecule has 0 saturated carbocycles. The van der Waals surface area contributed by atoms with Crippen LogP contribution in [0, 0.1) is 5.92 Å². The Bertz CT molecular complexity index is 366. The molecule has 1 rings (SSSR count). The van der Waals surface area contributed by atoms with Crippen molar-refractivity contribution in [2.24, 2.45) is 5.92 Å². The molecule has 0 heterocycles. The second kappa shape index (κ2) is 5.53. The van der Waals surface area contributed by atoms with Gasteiger partial charge in [-0.2, -0.15) is 0 Å². The summed E-state index contributed by atoms with van der Waals surface area (Å²) in [5.41, 5.74) is 0. The standard InChI is InChI=1S/C10H11Cl3OS/c1-5(2)4-15-7-3-6(11)10(14)9(13)8(7)12/h3,5,14H,4H2,1-2H3. The largest absolute Gasteiger partial charge is 0.505 e. The molecule has 0 aliphatic carbocycles. The molecule has 0 aromatic heterocycles. The third-order valence-electron chi connectivity index (χ3n) is 1.67. The van der Waals surface area contributed by atoms with Crippen LogP contribution >= 0.6 is 46.6 Å². The van der Waals surface area contributed by atoms with Crippen LogP contribution in [0.4, 0.5) is 0 Å². The molecular formula is C10H11Cl3OS. The summed E-state index contributed by atoms with van der Waals surface area (Å²) >= 11 is 19.2. The number of rotatable bonds is 3. The number of phenolic OH excluding ortho intramolecular Hbond substituents is 1. The van der Waals surface area contributed by atoms with Gasteiger partial charge >= 0.3 is 0 Å². The number of thioether (sulfide) groups is 1. The third-order valence-corrected chi connectivity index (χ3v) is 4.40. The first-order valence-electron chi connectivity index (χ1n) is 4.42. The molecule has 0 fully saturated rings. The molecule has 84 valence electrons. The zero-order chi connectivity index (χ0) is 11.6. The Hall–Kier alpha value is 0.240. The lowest BCUT2D eigenvalue weighted by Gasteiger charge is -2.10. The van der Waals surface area contributed by atoms with Gasteiger partial charge in [-0.15, -0.1) is 11.8 Å². The van der Waals surface area contributed by atoms with Gasteiger partial charge in [-0.3, -0.25) is 0 Å². The van der Waals surface area contributed by atoms with E-state index in [-0.39, 0.29) is 15.8 Å². The first-order valence-corrected chi connectivity index (χ1v) is 6.54. The topological polar surface area (TPSA) is 20.2 Å². The smallest absolute Gasteiger partial charge is 0.154 e. The SMILES string of the molecule is CC(C)CSc1cc(Cl)c(O)c(Cl)c1Cl. The highest BCUT2D eigenvalue weighted by Gasteiger charge is 2.14. The number of benzene rings is 1. The Morgan fingerprint density at radius 2 is 1.87 bits per heavy atom. The van der Waals surface area contributed by atoms with Crippen LogP contribution in [0.25, 0.3) is 0 Å². The molecule has 0 bridgehead atoms. The van der Waals surface area contributed by atoms with Crippen LogP contribution in [-0.2, 0) is 0 Å². The highest BCUT2D eigenvalue weighted by Crippen LogP contribution is 2.43. The molecule has 1 N–H and O–H groups in total. The molecule has 1 aromatic carbocycles.